The quantitative estimate of drug-likeness (QED) is 0.349. The van der Waals surface area contributed by atoms with Gasteiger partial charge in [0.2, 0.25) is 0 Å². The summed E-state index contributed by atoms with van der Waals surface area (Å²) >= 11 is 0. The van der Waals surface area contributed by atoms with Gasteiger partial charge in [0.25, 0.3) is 5.91 Å². The van der Waals surface area contributed by atoms with Crippen LogP contribution in [0.5, 0.6) is 0 Å². The van der Waals surface area contributed by atoms with E-state index < -0.39 is 0 Å². The molecule has 5 nitrogen and oxygen atoms in total. The van der Waals surface area contributed by atoms with E-state index in [2.05, 4.69) is 52.1 Å². The molecule has 2 rings (SSSR count). The van der Waals surface area contributed by atoms with Gasteiger partial charge < -0.3 is 16.0 Å². The molecule has 0 fully saturated rings. The van der Waals surface area contributed by atoms with Crippen LogP contribution in [-0.2, 0) is 13.0 Å². The summed E-state index contributed by atoms with van der Waals surface area (Å²) < 4.78 is 0. The molecule has 0 atom stereocenters. The van der Waals surface area contributed by atoms with Crippen LogP contribution in [0, 0.1) is 6.92 Å². The predicted molar refractivity (Wildman–Crippen MR) is 118 cm³/mol. The first-order valence-corrected chi connectivity index (χ1v) is 8.43. The molecule has 0 spiro atoms. The summed E-state index contributed by atoms with van der Waals surface area (Å²) in [7, 11) is 3.40. The van der Waals surface area contributed by atoms with E-state index in [9.17, 15) is 4.79 Å². The molecular formula is C20H27IN4O. The monoisotopic (exact) mass is 466 g/mol. The summed E-state index contributed by atoms with van der Waals surface area (Å²) in [6, 6.07) is 16.1. The smallest absolute Gasteiger partial charge is 0.251 e. The van der Waals surface area contributed by atoms with Gasteiger partial charge in [0, 0.05) is 32.7 Å². The van der Waals surface area contributed by atoms with Crippen LogP contribution < -0.4 is 16.0 Å². The minimum Gasteiger partial charge on any atom is -0.356 e. The standard InChI is InChI=1S/C20H26N4O.HI/c1-15-7-9-17(10-8-15)14-24-20(22-3)23-12-11-16-5-4-6-18(13-16)19(25)21-2;/h4-10,13H,11-12,14H2,1-3H3,(H,21,25)(H2,22,23,24);1H. The Bertz CT molecular complexity index is 729. The number of carbonyl (C=O) groups excluding carboxylic acids is 1. The highest BCUT2D eigenvalue weighted by Crippen LogP contribution is 2.06. The number of carbonyl (C=O) groups is 1. The molecular weight excluding hydrogens is 439 g/mol. The Kier molecular flexibility index (Phi) is 9.72. The second-order valence-electron chi connectivity index (χ2n) is 5.87. The van der Waals surface area contributed by atoms with Gasteiger partial charge >= 0.3 is 0 Å². The number of guanidine groups is 1. The number of nitrogens with one attached hydrogen (secondary N) is 3. The molecule has 26 heavy (non-hydrogen) atoms. The first kappa shape index (κ1) is 22.0. The number of nitrogens with zero attached hydrogens (tertiary/aromatic N) is 1. The van der Waals surface area contributed by atoms with E-state index in [0.717, 1.165) is 31.0 Å². The fourth-order valence-electron chi connectivity index (χ4n) is 2.45. The Morgan fingerprint density at radius 3 is 2.42 bits per heavy atom. The molecule has 0 unspecified atom stereocenters. The van der Waals surface area contributed by atoms with E-state index >= 15 is 0 Å². The molecule has 0 aliphatic heterocycles. The van der Waals surface area contributed by atoms with Gasteiger partial charge in [-0.25, -0.2) is 0 Å². The molecule has 2 aromatic rings. The Labute approximate surface area is 172 Å². The first-order chi connectivity index (χ1) is 12.1. The molecule has 0 radical (unpaired) electrons. The second-order valence-corrected chi connectivity index (χ2v) is 5.87. The molecule has 0 saturated heterocycles. The van der Waals surface area contributed by atoms with Crippen molar-refractivity contribution in [2.45, 2.75) is 19.9 Å². The number of halogens is 1. The Morgan fingerprint density at radius 2 is 1.77 bits per heavy atom. The van der Waals surface area contributed by atoms with Gasteiger partial charge in [-0.2, -0.15) is 0 Å². The molecule has 0 heterocycles. The lowest BCUT2D eigenvalue weighted by atomic mass is 10.1. The Morgan fingerprint density at radius 1 is 1.04 bits per heavy atom. The fraction of sp³-hybridized carbons (Fsp3) is 0.300. The minimum atomic E-state index is -0.0645. The second kappa shape index (κ2) is 11.5. The molecule has 1 amide bonds. The minimum absolute atomic E-state index is 0. The average molecular weight is 466 g/mol. The topological polar surface area (TPSA) is 65.5 Å². The summed E-state index contributed by atoms with van der Waals surface area (Å²) in [6.45, 7) is 3.55. The molecule has 6 heteroatoms. The van der Waals surface area contributed by atoms with Crippen LogP contribution in [0.2, 0.25) is 0 Å². The van der Waals surface area contributed by atoms with Gasteiger partial charge in [-0.1, -0.05) is 42.0 Å². The molecule has 0 aliphatic rings. The van der Waals surface area contributed by atoms with Crippen LogP contribution >= 0.6 is 24.0 Å². The van der Waals surface area contributed by atoms with Crippen LogP contribution in [0.25, 0.3) is 0 Å². The lowest BCUT2D eigenvalue weighted by Crippen LogP contribution is -2.37. The number of rotatable bonds is 6. The normalized spacial score (nSPS) is 10.7. The van der Waals surface area contributed by atoms with Crippen LogP contribution in [0.1, 0.15) is 27.0 Å². The highest BCUT2D eigenvalue weighted by Gasteiger charge is 2.04. The summed E-state index contributed by atoms with van der Waals surface area (Å²) in [6.07, 6.45) is 0.816. The highest BCUT2D eigenvalue weighted by molar-refractivity contribution is 14.0. The number of hydrogen-bond donors (Lipinski definition) is 3. The third-order valence-electron chi connectivity index (χ3n) is 3.93. The van der Waals surface area contributed by atoms with Gasteiger partial charge in [-0.15, -0.1) is 24.0 Å². The maximum Gasteiger partial charge on any atom is 0.251 e. The maximum absolute atomic E-state index is 11.7. The Hall–Kier alpha value is -2.09. The van der Waals surface area contributed by atoms with E-state index in [-0.39, 0.29) is 29.9 Å². The lowest BCUT2D eigenvalue weighted by Gasteiger charge is -2.12. The summed E-state index contributed by atoms with van der Waals surface area (Å²) in [4.78, 5) is 15.9. The van der Waals surface area contributed by atoms with Crippen molar-refractivity contribution in [3.63, 3.8) is 0 Å². The molecule has 0 aromatic heterocycles. The average Bonchev–Trinajstić information content (AvgIpc) is 2.65. The van der Waals surface area contributed by atoms with E-state index in [1.165, 1.54) is 11.1 Å². The van der Waals surface area contributed by atoms with E-state index in [1.807, 2.05) is 24.3 Å². The first-order valence-electron chi connectivity index (χ1n) is 8.43. The number of amides is 1. The third kappa shape index (κ3) is 7.03. The van der Waals surface area contributed by atoms with Crippen molar-refractivity contribution >= 4 is 35.8 Å². The van der Waals surface area contributed by atoms with Gasteiger partial charge in [-0.05, 0) is 36.6 Å². The largest absolute Gasteiger partial charge is 0.356 e. The van der Waals surface area contributed by atoms with Crippen molar-refractivity contribution < 1.29 is 4.79 Å². The zero-order chi connectivity index (χ0) is 18.1. The molecule has 0 saturated carbocycles. The van der Waals surface area contributed by atoms with Crippen LogP contribution in [0.4, 0.5) is 0 Å². The van der Waals surface area contributed by atoms with Gasteiger partial charge in [0.05, 0.1) is 0 Å². The molecule has 3 N–H and O–H groups in total. The summed E-state index contributed by atoms with van der Waals surface area (Å²) in [5.41, 5.74) is 4.27. The van der Waals surface area contributed by atoms with E-state index in [1.54, 1.807) is 14.1 Å². The maximum atomic E-state index is 11.7. The SMILES string of the molecule is CN=C(NCCc1cccc(C(=O)NC)c1)NCc1ccc(C)cc1.I. The highest BCUT2D eigenvalue weighted by atomic mass is 127. The van der Waals surface area contributed by atoms with Crippen LogP contribution in [0.15, 0.2) is 53.5 Å². The van der Waals surface area contributed by atoms with Gasteiger partial charge in [-0.3, -0.25) is 9.79 Å². The van der Waals surface area contributed by atoms with Crippen molar-refractivity contribution in [2.24, 2.45) is 4.99 Å². The summed E-state index contributed by atoms with van der Waals surface area (Å²) in [5.74, 6) is 0.702. The van der Waals surface area contributed by atoms with Crippen molar-refractivity contribution in [3.8, 4) is 0 Å². The number of aliphatic imine (C=N–C) groups is 1. The Balaban J connectivity index is 0.00000338. The predicted octanol–water partition coefficient (Wildman–Crippen LogP) is 2.88. The molecule has 0 bridgehead atoms. The number of aryl methyl sites for hydroxylation is 1. The third-order valence-corrected chi connectivity index (χ3v) is 3.93. The number of hydrogen-bond acceptors (Lipinski definition) is 2. The fourth-order valence-corrected chi connectivity index (χ4v) is 2.45. The van der Waals surface area contributed by atoms with Crippen molar-refractivity contribution in [1.29, 1.82) is 0 Å². The van der Waals surface area contributed by atoms with Crippen molar-refractivity contribution in [3.05, 3.63) is 70.8 Å². The van der Waals surface area contributed by atoms with Crippen molar-refractivity contribution in [1.82, 2.24) is 16.0 Å². The molecule has 0 aliphatic carbocycles. The van der Waals surface area contributed by atoms with E-state index in [4.69, 9.17) is 0 Å². The molecule has 2 aromatic carbocycles. The molecule has 140 valence electrons. The summed E-state index contributed by atoms with van der Waals surface area (Å²) in [5, 5.41) is 9.25. The lowest BCUT2D eigenvalue weighted by molar-refractivity contribution is 0.0963. The van der Waals surface area contributed by atoms with Crippen LogP contribution in [-0.4, -0.2) is 32.5 Å². The number of benzene rings is 2. The van der Waals surface area contributed by atoms with Crippen LogP contribution in [0.3, 0.4) is 0 Å². The zero-order valence-electron chi connectivity index (χ0n) is 15.5. The van der Waals surface area contributed by atoms with Crippen molar-refractivity contribution in [2.75, 3.05) is 20.6 Å². The van der Waals surface area contributed by atoms with E-state index in [0.29, 0.717) is 5.56 Å². The zero-order valence-corrected chi connectivity index (χ0v) is 17.8. The van der Waals surface area contributed by atoms with Gasteiger partial charge in [0.1, 0.15) is 0 Å². The van der Waals surface area contributed by atoms with Gasteiger partial charge in [0.15, 0.2) is 5.96 Å².